The first-order valence-electron chi connectivity index (χ1n) is 5.88. The molecule has 0 spiro atoms. The van der Waals surface area contributed by atoms with Gasteiger partial charge in [0.25, 0.3) is 0 Å². The number of hydrogen-bond acceptors (Lipinski definition) is 2. The van der Waals surface area contributed by atoms with Gasteiger partial charge in [-0.15, -0.1) is 11.6 Å². The van der Waals surface area contributed by atoms with Gasteiger partial charge in [0.15, 0.2) is 5.78 Å². The van der Waals surface area contributed by atoms with Crippen LogP contribution in [0, 0.1) is 13.8 Å². The van der Waals surface area contributed by atoms with Crippen LogP contribution >= 0.6 is 11.6 Å². The van der Waals surface area contributed by atoms with Crippen LogP contribution < -0.4 is 0 Å². The topological polar surface area (TPSA) is 31.2 Å². The number of carbonyl (C=O) groups excluding carboxylic acids is 1. The third kappa shape index (κ3) is 3.33. The van der Waals surface area contributed by atoms with Crippen molar-refractivity contribution in [3.8, 4) is 0 Å². The van der Waals surface area contributed by atoms with E-state index in [1.165, 1.54) is 0 Å². The van der Waals surface area contributed by atoms with Gasteiger partial charge in [0, 0.05) is 30.1 Å². The number of hydrogen-bond donors (Lipinski definition) is 0. The fraction of sp³-hybridized carbons (Fsp3) is 0.615. The van der Waals surface area contributed by atoms with Gasteiger partial charge in [-0.1, -0.05) is 0 Å². The molecular weight excluding hydrogens is 238 g/mol. The number of halogens is 1. The lowest BCUT2D eigenvalue weighted by atomic mass is 10.2. The molecule has 1 rings (SSSR count). The van der Waals surface area contributed by atoms with E-state index >= 15 is 0 Å². The summed E-state index contributed by atoms with van der Waals surface area (Å²) in [5, 5.41) is 0. The Morgan fingerprint density at radius 2 is 2.18 bits per heavy atom. The van der Waals surface area contributed by atoms with E-state index in [1.54, 1.807) is 0 Å². The van der Waals surface area contributed by atoms with E-state index in [0.29, 0.717) is 6.61 Å². The van der Waals surface area contributed by atoms with Crippen molar-refractivity contribution in [2.75, 3.05) is 12.5 Å². The van der Waals surface area contributed by atoms with Crippen LogP contribution in [0.1, 0.15) is 35.6 Å². The van der Waals surface area contributed by atoms with Crippen molar-refractivity contribution in [2.45, 2.75) is 40.3 Å². The smallest absolute Gasteiger partial charge is 0.179 e. The van der Waals surface area contributed by atoms with Gasteiger partial charge in [-0.25, -0.2) is 0 Å². The maximum absolute atomic E-state index is 11.6. The molecule has 0 bridgehead atoms. The first kappa shape index (κ1) is 14.3. The van der Waals surface area contributed by atoms with Crippen LogP contribution in [0.25, 0.3) is 0 Å². The Bertz CT molecular complexity index is 398. The Morgan fingerprint density at radius 3 is 2.71 bits per heavy atom. The molecule has 0 aliphatic carbocycles. The molecule has 0 aliphatic heterocycles. The fourth-order valence-corrected chi connectivity index (χ4v) is 2.17. The number of alkyl halides is 1. The lowest BCUT2D eigenvalue weighted by Gasteiger charge is -2.16. The highest BCUT2D eigenvalue weighted by molar-refractivity contribution is 6.30. The maximum atomic E-state index is 11.6. The number of rotatable bonds is 6. The van der Waals surface area contributed by atoms with Crippen LogP contribution in [0.3, 0.4) is 0 Å². The minimum atomic E-state index is -0.0184. The van der Waals surface area contributed by atoms with E-state index < -0.39 is 0 Å². The Balaban J connectivity index is 2.93. The van der Waals surface area contributed by atoms with E-state index in [1.807, 2.05) is 33.8 Å². The van der Waals surface area contributed by atoms with Crippen molar-refractivity contribution in [1.82, 2.24) is 4.57 Å². The second-order valence-electron chi connectivity index (χ2n) is 4.22. The van der Waals surface area contributed by atoms with Crippen molar-refractivity contribution < 1.29 is 9.53 Å². The summed E-state index contributed by atoms with van der Waals surface area (Å²) >= 11 is 5.59. The summed E-state index contributed by atoms with van der Waals surface area (Å²) in [6, 6.07) is 1.90. The largest absolute Gasteiger partial charge is 0.377 e. The molecule has 0 aliphatic rings. The van der Waals surface area contributed by atoms with E-state index in [-0.39, 0.29) is 17.8 Å². The molecule has 0 amide bonds. The average molecular weight is 258 g/mol. The Labute approximate surface area is 108 Å². The molecule has 1 aromatic heterocycles. The molecule has 96 valence electrons. The van der Waals surface area contributed by atoms with Crippen LogP contribution in [0.15, 0.2) is 6.07 Å². The number of nitrogens with zero attached hydrogens (tertiary/aromatic N) is 1. The van der Waals surface area contributed by atoms with Gasteiger partial charge < -0.3 is 9.30 Å². The molecule has 17 heavy (non-hydrogen) atoms. The molecule has 1 unspecified atom stereocenters. The number of carbonyl (C=O) groups is 1. The summed E-state index contributed by atoms with van der Waals surface area (Å²) < 4.78 is 7.63. The van der Waals surface area contributed by atoms with Crippen molar-refractivity contribution >= 4 is 17.4 Å². The zero-order valence-electron chi connectivity index (χ0n) is 10.9. The van der Waals surface area contributed by atoms with Gasteiger partial charge in [-0.3, -0.25) is 4.79 Å². The summed E-state index contributed by atoms with van der Waals surface area (Å²) in [6.07, 6.45) is 0.142. The molecule has 3 nitrogen and oxygen atoms in total. The number of Topliss-reactive ketones (excluding diaryl/α,β-unsaturated/α-hetero) is 1. The zero-order valence-corrected chi connectivity index (χ0v) is 11.7. The van der Waals surface area contributed by atoms with Crippen LogP contribution in [0.2, 0.25) is 0 Å². The molecule has 1 aromatic rings. The second-order valence-corrected chi connectivity index (χ2v) is 4.49. The van der Waals surface area contributed by atoms with E-state index in [9.17, 15) is 4.79 Å². The van der Waals surface area contributed by atoms with Gasteiger partial charge >= 0.3 is 0 Å². The number of ketones is 1. The van der Waals surface area contributed by atoms with E-state index in [0.717, 1.165) is 23.5 Å². The first-order valence-corrected chi connectivity index (χ1v) is 6.42. The molecular formula is C13H20ClNO2. The summed E-state index contributed by atoms with van der Waals surface area (Å²) in [7, 11) is 0. The zero-order chi connectivity index (χ0) is 13.0. The van der Waals surface area contributed by atoms with Crippen molar-refractivity contribution in [2.24, 2.45) is 0 Å². The fourth-order valence-electron chi connectivity index (χ4n) is 2.03. The highest BCUT2D eigenvalue weighted by Gasteiger charge is 2.16. The number of aryl methyl sites for hydroxylation is 1. The standard InChI is InChI=1S/C13H20ClNO2/c1-5-17-10(3)8-15-9(2)6-12(11(15)4)13(16)7-14/h6,10H,5,7-8H2,1-4H3. The lowest BCUT2D eigenvalue weighted by molar-refractivity contribution is 0.0632. The Morgan fingerprint density at radius 1 is 1.53 bits per heavy atom. The molecule has 0 N–H and O–H groups in total. The molecule has 0 saturated heterocycles. The third-order valence-electron chi connectivity index (χ3n) is 2.89. The minimum absolute atomic E-state index is 0.0184. The molecule has 0 aromatic carbocycles. The number of aromatic nitrogens is 1. The average Bonchev–Trinajstić information content (AvgIpc) is 2.56. The van der Waals surface area contributed by atoms with Crippen molar-refractivity contribution in [3.63, 3.8) is 0 Å². The SMILES string of the molecule is CCOC(C)Cn1c(C)cc(C(=O)CCl)c1C. The number of ether oxygens (including phenoxy) is 1. The van der Waals surface area contributed by atoms with Crippen molar-refractivity contribution in [3.05, 3.63) is 23.0 Å². The van der Waals surface area contributed by atoms with Gasteiger partial charge in [-0.05, 0) is 33.8 Å². The highest BCUT2D eigenvalue weighted by atomic mass is 35.5. The molecule has 0 fully saturated rings. The van der Waals surface area contributed by atoms with E-state index in [2.05, 4.69) is 4.57 Å². The van der Waals surface area contributed by atoms with E-state index in [4.69, 9.17) is 16.3 Å². The molecule has 4 heteroatoms. The summed E-state index contributed by atoms with van der Waals surface area (Å²) in [4.78, 5) is 11.6. The molecule has 0 radical (unpaired) electrons. The second kappa shape index (κ2) is 6.22. The summed E-state index contributed by atoms with van der Waals surface area (Å²) in [5.74, 6) is 0.0146. The van der Waals surface area contributed by atoms with Gasteiger partial charge in [-0.2, -0.15) is 0 Å². The van der Waals surface area contributed by atoms with Crippen molar-refractivity contribution in [1.29, 1.82) is 0 Å². The normalized spacial score (nSPS) is 12.8. The van der Waals surface area contributed by atoms with Crippen LogP contribution in [-0.4, -0.2) is 28.9 Å². The highest BCUT2D eigenvalue weighted by Crippen LogP contribution is 2.17. The monoisotopic (exact) mass is 257 g/mol. The molecule has 0 saturated carbocycles. The third-order valence-corrected chi connectivity index (χ3v) is 3.13. The quantitative estimate of drug-likeness (QED) is 0.580. The van der Waals surface area contributed by atoms with Crippen LogP contribution in [0.4, 0.5) is 0 Å². The Hall–Kier alpha value is -0.800. The van der Waals surface area contributed by atoms with Gasteiger partial charge in [0.2, 0.25) is 0 Å². The summed E-state index contributed by atoms with van der Waals surface area (Å²) in [6.45, 7) is 9.43. The first-order chi connectivity index (χ1) is 8.01. The molecule has 1 atom stereocenters. The Kier molecular flexibility index (Phi) is 5.22. The predicted octanol–water partition coefficient (Wildman–Crippen LogP) is 2.95. The molecule has 1 heterocycles. The summed E-state index contributed by atoms with van der Waals surface area (Å²) in [5.41, 5.74) is 2.77. The van der Waals surface area contributed by atoms with Gasteiger partial charge in [0.1, 0.15) is 0 Å². The lowest BCUT2D eigenvalue weighted by Crippen LogP contribution is -2.18. The minimum Gasteiger partial charge on any atom is -0.377 e. The van der Waals surface area contributed by atoms with Gasteiger partial charge in [0.05, 0.1) is 12.0 Å². The maximum Gasteiger partial charge on any atom is 0.179 e. The van der Waals surface area contributed by atoms with Crippen LogP contribution in [-0.2, 0) is 11.3 Å². The van der Waals surface area contributed by atoms with Crippen LogP contribution in [0.5, 0.6) is 0 Å². The predicted molar refractivity (Wildman–Crippen MR) is 70.0 cm³/mol.